The van der Waals surface area contributed by atoms with Crippen LogP contribution in [0.5, 0.6) is 23.0 Å². The first-order chi connectivity index (χ1) is 50.8. The first-order valence-electron chi connectivity index (χ1n) is 31.2. The molecule has 8 aromatic carbocycles. The fourth-order valence-corrected chi connectivity index (χ4v) is 8.12. The van der Waals surface area contributed by atoms with Gasteiger partial charge >= 0.3 is 51.2 Å². The minimum absolute atomic E-state index is 0. The van der Waals surface area contributed by atoms with Gasteiger partial charge in [-0.05, 0) is 162 Å². The molecule has 565 valence electrons. The fourth-order valence-electron chi connectivity index (χ4n) is 8.12. The number of benzene rings is 8. The third kappa shape index (κ3) is 40.1. The van der Waals surface area contributed by atoms with Gasteiger partial charge in [-0.25, -0.2) is 0 Å². The van der Waals surface area contributed by atoms with Gasteiger partial charge in [0.2, 0.25) is 0 Å². The molecular weight excluding hydrogens is 1540 g/mol. The predicted molar refractivity (Wildman–Crippen MR) is 402 cm³/mol. The second kappa shape index (κ2) is 62.7. The van der Waals surface area contributed by atoms with Crippen LogP contribution in [0, 0.1) is 0 Å². The molecule has 0 aliphatic carbocycles. The molecule has 0 bridgehead atoms. The summed E-state index contributed by atoms with van der Waals surface area (Å²) in [4.78, 5) is 72.5. The summed E-state index contributed by atoms with van der Waals surface area (Å²) in [5.41, 5.74) is -1.15. The Hall–Kier alpha value is -13.5. The second-order valence-electron chi connectivity index (χ2n) is 20.0. The molecule has 27 heteroatoms. The zero-order valence-electron chi connectivity index (χ0n) is 58.7. The minimum atomic E-state index is -1.43. The molecule has 8 aromatic heterocycles. The van der Waals surface area contributed by atoms with Crippen molar-refractivity contribution in [3.05, 3.63) is 413 Å². The predicted octanol–water partition coefficient (Wildman–Crippen LogP) is 6.26. The van der Waals surface area contributed by atoms with E-state index < -0.39 is 46.9 Å². The summed E-state index contributed by atoms with van der Waals surface area (Å²) in [6.45, 7) is 0. The van der Waals surface area contributed by atoms with E-state index in [1.54, 1.807) is 220 Å². The summed E-state index contributed by atoms with van der Waals surface area (Å²) < 4.78 is 0. The molecule has 0 unspecified atom stereocenters. The molecule has 0 aliphatic rings. The van der Waals surface area contributed by atoms with Crippen LogP contribution in [0.25, 0.3) is 43.1 Å². The van der Waals surface area contributed by atoms with Gasteiger partial charge in [0.1, 0.15) is 0 Å². The quantitative estimate of drug-likeness (QED) is 0.138. The van der Waals surface area contributed by atoms with Crippen molar-refractivity contribution < 1.29 is 133 Å². The molecular formula is C84H74Mn3N8O16+2. The molecule has 24 nitrogen and oxygen atoms in total. The number of carboxylic acid groups (broad SMARTS) is 4. The number of aromatic carboxylic acids is 4. The number of carboxylic acids is 4. The number of aromatic nitrogens is 8. The van der Waals surface area contributed by atoms with E-state index in [2.05, 4.69) is 39.9 Å². The van der Waals surface area contributed by atoms with Gasteiger partial charge in [-0.3, -0.25) is 39.9 Å². The molecule has 16 aromatic rings. The van der Waals surface area contributed by atoms with Gasteiger partial charge in [0.05, 0.1) is 23.9 Å². The first-order valence-corrected chi connectivity index (χ1v) is 31.2. The molecule has 0 spiro atoms. The van der Waals surface area contributed by atoms with E-state index in [-0.39, 0.29) is 95.4 Å². The molecule has 16 rings (SSSR count). The zero-order chi connectivity index (χ0) is 74.5. The number of rotatable bonds is 4. The van der Waals surface area contributed by atoms with Crippen molar-refractivity contribution in [2.75, 3.05) is 0 Å². The van der Waals surface area contributed by atoms with E-state index in [0.29, 0.717) is 21.5 Å². The monoisotopic (exact) mass is 1620 g/mol. The van der Waals surface area contributed by atoms with E-state index >= 15 is 0 Å². The molecule has 8 heterocycles. The number of hydrogen-bond acceptors (Lipinski definition) is 20. The maximum atomic E-state index is 11.5. The number of hydrogen-bond donors (Lipinski definition) is 0. The fraction of sp³-hybridized carbons (Fsp3) is 0. The van der Waals surface area contributed by atoms with Crippen molar-refractivity contribution in [3.63, 3.8) is 0 Å². The van der Waals surface area contributed by atoms with Gasteiger partial charge in [-0.15, -0.1) is 0 Å². The van der Waals surface area contributed by atoms with Crippen molar-refractivity contribution in [2.24, 2.45) is 0 Å². The summed E-state index contributed by atoms with van der Waals surface area (Å²) in [6.07, 6.45) is 28.0. The number of fused-ring (bicyclic) bond motifs is 4. The third-order valence-corrected chi connectivity index (χ3v) is 12.9. The largest absolute Gasteiger partial charge is 3.00 e. The second-order valence-corrected chi connectivity index (χ2v) is 20.0. The summed E-state index contributed by atoms with van der Waals surface area (Å²) >= 11 is 0. The van der Waals surface area contributed by atoms with E-state index in [9.17, 15) is 60.0 Å². The maximum absolute atomic E-state index is 11.5. The van der Waals surface area contributed by atoms with Gasteiger partial charge in [-0.2, -0.15) is 0 Å². The topological polar surface area (TPSA) is 485 Å². The molecule has 0 saturated carbocycles. The molecule has 111 heavy (non-hydrogen) atoms. The molecule has 1 radical (unpaired) electrons. The Bertz CT molecular complexity index is 4040. The number of carbonyl (C=O) groups excluding carboxylic acids is 4. The van der Waals surface area contributed by atoms with Crippen molar-refractivity contribution in [2.45, 2.75) is 0 Å². The Morgan fingerprint density at radius 1 is 0.198 bits per heavy atom. The van der Waals surface area contributed by atoms with Crippen LogP contribution in [0.15, 0.2) is 390 Å². The molecule has 0 fully saturated rings. The van der Waals surface area contributed by atoms with Crippen LogP contribution in [0.2, 0.25) is 0 Å². The smallest absolute Gasteiger partial charge is 0.872 e. The Morgan fingerprint density at radius 2 is 0.324 bits per heavy atom. The van der Waals surface area contributed by atoms with Crippen molar-refractivity contribution in [1.82, 2.24) is 39.9 Å². The normalized spacial score (nSPS) is 8.65. The van der Waals surface area contributed by atoms with Gasteiger partial charge in [0.15, 0.2) is 0 Å². The van der Waals surface area contributed by atoms with Gasteiger partial charge in [0, 0.05) is 99.1 Å². The third-order valence-electron chi connectivity index (χ3n) is 12.9. The Balaban J connectivity index is -0.00000116. The molecule has 0 atom stereocenters. The summed E-state index contributed by atoms with van der Waals surface area (Å²) in [6, 6.07) is 84.6. The number of carbonyl (C=O) groups is 4. The van der Waals surface area contributed by atoms with Crippen LogP contribution >= 0.6 is 0 Å². The summed E-state index contributed by atoms with van der Waals surface area (Å²) in [5, 5.41) is 93.0. The maximum Gasteiger partial charge on any atom is 3.00 e. The minimum Gasteiger partial charge on any atom is -0.872 e. The molecule has 0 amide bonds. The first kappa shape index (κ1) is 102. The van der Waals surface area contributed by atoms with Crippen molar-refractivity contribution >= 4 is 67.0 Å². The van der Waals surface area contributed by atoms with Gasteiger partial charge < -0.3 is 81.9 Å². The Morgan fingerprint density at radius 3 is 0.423 bits per heavy atom. The number of nitrogens with zero attached hydrogens (tertiary/aromatic N) is 8. The van der Waals surface area contributed by atoms with Crippen molar-refractivity contribution in [3.8, 4) is 23.0 Å². The van der Waals surface area contributed by atoms with Crippen LogP contribution in [-0.4, -0.2) is 74.7 Å². The van der Waals surface area contributed by atoms with E-state index in [0.717, 1.165) is 21.5 Å². The van der Waals surface area contributed by atoms with Gasteiger partial charge in [0.25, 0.3) is 0 Å². The summed E-state index contributed by atoms with van der Waals surface area (Å²) in [5.74, 6) is -7.65. The van der Waals surface area contributed by atoms with Crippen LogP contribution < -0.4 is 40.9 Å². The zero-order valence-corrected chi connectivity index (χ0v) is 62.3. The summed E-state index contributed by atoms with van der Waals surface area (Å²) in [7, 11) is 0. The van der Waals surface area contributed by atoms with Crippen LogP contribution in [-0.2, 0) is 62.2 Å². The molecule has 0 saturated heterocycles. The SMILES string of the molecule is O.O.O=C([O-])c1ccc2ccccc2c1[O-].O=C([O-])c1ccc2ccccc2c1[O-].O=C([O-])c1ccc2ccccc2c1[O-].O=C([O-])c1ccc2ccccc2c1[O-].[Mn+2].[Mn+3].[Mn+3].[OH3+].[OH3+].c1ccncc1.c1ccncc1.c1ccncc1.c1ccncc1.c1ccncc1.c1ccncc1.c1ccncc1.c1ccncc1. The molecule has 10 N–H and O–H groups in total. The van der Waals surface area contributed by atoms with E-state index in [4.69, 9.17) is 0 Å². The van der Waals surface area contributed by atoms with Crippen LogP contribution in [0.1, 0.15) is 41.4 Å². The standard InChI is InChI=1S/4C11H8O3.8C5H5N.3Mn.4H2O/c4*12-10-8-4-2-1-3-7(8)5-6-9(10)11(13)14;8*1-2-4-6-5-3-1;;;;;;;/h4*1-6,12H,(H,13,14);8*1-5H;;;;4*1H2/q;;;;;;;;;;;;+2;2*+3;;;;/p-6. The van der Waals surface area contributed by atoms with Gasteiger partial charge in [-0.1, -0.05) is 217 Å². The van der Waals surface area contributed by atoms with Crippen molar-refractivity contribution in [1.29, 1.82) is 0 Å². The number of pyridine rings is 8. The Labute approximate surface area is 671 Å². The van der Waals surface area contributed by atoms with Crippen LogP contribution in [0.3, 0.4) is 0 Å². The van der Waals surface area contributed by atoms with Crippen LogP contribution in [0.4, 0.5) is 0 Å². The Kier molecular flexibility index (Phi) is 57.4. The average Bonchev–Trinajstić information content (AvgIpc) is 0.834. The van der Waals surface area contributed by atoms with E-state index in [1.807, 2.05) is 146 Å². The molecule has 0 aliphatic heterocycles. The van der Waals surface area contributed by atoms with E-state index in [1.165, 1.54) is 24.3 Å². The average molecular weight is 1620 g/mol.